The van der Waals surface area contributed by atoms with Crippen LogP contribution in [0.3, 0.4) is 0 Å². The molecule has 1 N–H and O–H groups in total. The minimum Gasteiger partial charge on any atom is -0.372 e. The van der Waals surface area contributed by atoms with Gasteiger partial charge in [-0.1, -0.05) is 18.2 Å². The van der Waals surface area contributed by atoms with E-state index in [0.717, 1.165) is 13.2 Å². The highest BCUT2D eigenvalue weighted by atomic mass is 32.1. The quantitative estimate of drug-likeness (QED) is 0.920. The van der Waals surface area contributed by atoms with E-state index in [1.54, 1.807) is 0 Å². The zero-order valence-corrected chi connectivity index (χ0v) is 12.4. The number of nitrogens with one attached hydrogen (secondary N) is 1. The Morgan fingerprint density at radius 2 is 1.95 bits per heavy atom. The second kappa shape index (κ2) is 5.08. The van der Waals surface area contributed by atoms with Gasteiger partial charge < -0.3 is 10.1 Å². The van der Waals surface area contributed by atoms with Crippen molar-refractivity contribution in [3.63, 3.8) is 0 Å². The number of rotatable bonds is 3. The van der Waals surface area contributed by atoms with Gasteiger partial charge in [-0.3, -0.25) is 0 Å². The summed E-state index contributed by atoms with van der Waals surface area (Å²) in [6.07, 6.45) is 0. The Labute approximate surface area is 118 Å². The molecule has 1 aliphatic heterocycles. The molecule has 3 heteroatoms. The highest BCUT2D eigenvalue weighted by Gasteiger charge is 2.19. The lowest BCUT2D eigenvalue weighted by molar-refractivity contribution is 0.134. The molecule has 0 amide bonds. The lowest BCUT2D eigenvalue weighted by Gasteiger charge is -2.17. The van der Waals surface area contributed by atoms with Crippen molar-refractivity contribution in [2.45, 2.75) is 33.1 Å². The molecule has 0 bridgehead atoms. The van der Waals surface area contributed by atoms with Gasteiger partial charge in [-0.05, 0) is 49.2 Å². The molecule has 2 heterocycles. The molecule has 0 saturated carbocycles. The van der Waals surface area contributed by atoms with Gasteiger partial charge in [0.15, 0.2) is 0 Å². The smallest absolute Gasteiger partial charge is 0.0725 e. The van der Waals surface area contributed by atoms with Gasteiger partial charge in [0.1, 0.15) is 0 Å². The minimum absolute atomic E-state index is 0.282. The number of benzene rings is 1. The van der Waals surface area contributed by atoms with Crippen LogP contribution in [0, 0.1) is 13.8 Å². The van der Waals surface area contributed by atoms with E-state index in [4.69, 9.17) is 4.74 Å². The van der Waals surface area contributed by atoms with Crippen molar-refractivity contribution in [2.24, 2.45) is 0 Å². The summed E-state index contributed by atoms with van der Waals surface area (Å²) in [6, 6.07) is 9.27. The van der Waals surface area contributed by atoms with E-state index in [0.29, 0.717) is 0 Å². The monoisotopic (exact) mass is 273 g/mol. The molecule has 0 fully saturated rings. The first-order valence-corrected chi connectivity index (χ1v) is 7.44. The molecule has 0 saturated heterocycles. The van der Waals surface area contributed by atoms with E-state index < -0.39 is 0 Å². The molecule has 2 aromatic rings. The third kappa shape index (κ3) is 2.34. The molecule has 1 aromatic carbocycles. The lowest BCUT2D eigenvalue weighted by Crippen LogP contribution is -2.17. The molecule has 19 heavy (non-hydrogen) atoms. The number of aryl methyl sites for hydroxylation is 2. The number of hydrogen-bond acceptors (Lipinski definition) is 3. The van der Waals surface area contributed by atoms with Crippen molar-refractivity contribution in [1.29, 1.82) is 0 Å². The fraction of sp³-hybridized carbons (Fsp3) is 0.375. The molecule has 3 rings (SSSR count). The van der Waals surface area contributed by atoms with Gasteiger partial charge in [-0.2, -0.15) is 0 Å². The van der Waals surface area contributed by atoms with Crippen molar-refractivity contribution in [1.82, 2.24) is 5.32 Å². The molecule has 0 aliphatic carbocycles. The van der Waals surface area contributed by atoms with Gasteiger partial charge in [0.25, 0.3) is 0 Å². The average Bonchev–Trinajstić information content (AvgIpc) is 2.97. The Hall–Kier alpha value is -1.16. The molecule has 2 nitrogen and oxygen atoms in total. The van der Waals surface area contributed by atoms with Gasteiger partial charge in [0, 0.05) is 9.75 Å². The highest BCUT2D eigenvalue weighted by molar-refractivity contribution is 7.12. The number of fused-ring (bicyclic) bond motifs is 1. The second-order valence-electron chi connectivity index (χ2n) is 5.15. The van der Waals surface area contributed by atoms with E-state index in [9.17, 15) is 0 Å². The Balaban J connectivity index is 2.00. The van der Waals surface area contributed by atoms with Crippen LogP contribution < -0.4 is 5.32 Å². The normalized spacial score (nSPS) is 15.5. The maximum atomic E-state index is 5.50. The first kappa shape index (κ1) is 12.9. The topological polar surface area (TPSA) is 21.3 Å². The Morgan fingerprint density at radius 1 is 1.16 bits per heavy atom. The van der Waals surface area contributed by atoms with E-state index in [1.807, 2.05) is 18.4 Å². The number of hydrogen-bond donors (Lipinski definition) is 1. The van der Waals surface area contributed by atoms with Crippen LogP contribution in [0.2, 0.25) is 0 Å². The number of thiophene rings is 1. The van der Waals surface area contributed by atoms with Gasteiger partial charge >= 0.3 is 0 Å². The maximum absolute atomic E-state index is 5.50. The average molecular weight is 273 g/mol. The van der Waals surface area contributed by atoms with E-state index in [1.165, 1.54) is 32.0 Å². The van der Waals surface area contributed by atoms with Crippen molar-refractivity contribution in [2.75, 3.05) is 7.05 Å². The van der Waals surface area contributed by atoms with Gasteiger partial charge in [0.2, 0.25) is 0 Å². The molecule has 0 radical (unpaired) electrons. The first-order chi connectivity index (χ1) is 9.19. The SMILES string of the molecule is CNC(c1ccc2c(c1)COC2)c1sc(C)cc1C. The summed E-state index contributed by atoms with van der Waals surface area (Å²) in [5.74, 6) is 0. The van der Waals surface area contributed by atoms with Crippen LogP contribution in [0.15, 0.2) is 24.3 Å². The Bertz CT molecular complexity index is 603. The standard InChI is InChI=1S/C16H19NOS/c1-10-6-11(2)19-16(10)15(17-3)12-4-5-13-8-18-9-14(13)7-12/h4-7,15,17H,8-9H2,1-3H3. The van der Waals surface area contributed by atoms with E-state index in [2.05, 4.69) is 43.4 Å². The molecule has 1 aromatic heterocycles. The first-order valence-electron chi connectivity index (χ1n) is 6.62. The molecule has 1 atom stereocenters. The molecule has 100 valence electrons. The maximum Gasteiger partial charge on any atom is 0.0725 e. The minimum atomic E-state index is 0.282. The van der Waals surface area contributed by atoms with Crippen molar-refractivity contribution < 1.29 is 4.74 Å². The van der Waals surface area contributed by atoms with Crippen molar-refractivity contribution in [3.05, 3.63) is 56.3 Å². The van der Waals surface area contributed by atoms with Crippen molar-refractivity contribution >= 4 is 11.3 Å². The summed E-state index contributed by atoms with van der Waals surface area (Å²) in [6.45, 7) is 5.88. The largest absolute Gasteiger partial charge is 0.372 e. The van der Waals surface area contributed by atoms with Crippen LogP contribution in [-0.2, 0) is 18.0 Å². The predicted octanol–water partition coefficient (Wildman–Crippen LogP) is 3.70. The summed E-state index contributed by atoms with van der Waals surface area (Å²) in [4.78, 5) is 2.79. The van der Waals surface area contributed by atoms with E-state index >= 15 is 0 Å². The lowest BCUT2D eigenvalue weighted by atomic mass is 9.99. The van der Waals surface area contributed by atoms with Crippen molar-refractivity contribution in [3.8, 4) is 0 Å². The van der Waals surface area contributed by atoms with Crippen LogP contribution in [0.4, 0.5) is 0 Å². The van der Waals surface area contributed by atoms with Gasteiger partial charge in [0.05, 0.1) is 19.3 Å². The summed E-state index contributed by atoms with van der Waals surface area (Å²) in [5, 5.41) is 3.45. The van der Waals surface area contributed by atoms with Crippen LogP contribution in [-0.4, -0.2) is 7.05 Å². The summed E-state index contributed by atoms with van der Waals surface area (Å²) in [7, 11) is 2.03. The Morgan fingerprint density at radius 3 is 2.63 bits per heavy atom. The summed E-state index contributed by atoms with van der Waals surface area (Å²) in [5.41, 5.74) is 5.37. The predicted molar refractivity (Wildman–Crippen MR) is 79.6 cm³/mol. The molecular weight excluding hydrogens is 254 g/mol. The van der Waals surface area contributed by atoms with Crippen LogP contribution >= 0.6 is 11.3 Å². The summed E-state index contributed by atoms with van der Waals surface area (Å²) >= 11 is 1.88. The van der Waals surface area contributed by atoms with Crippen LogP contribution in [0.1, 0.15) is 38.0 Å². The van der Waals surface area contributed by atoms with Crippen LogP contribution in [0.5, 0.6) is 0 Å². The second-order valence-corrected chi connectivity index (χ2v) is 6.43. The Kier molecular flexibility index (Phi) is 3.44. The highest BCUT2D eigenvalue weighted by Crippen LogP contribution is 2.33. The molecule has 1 unspecified atom stereocenters. The third-order valence-electron chi connectivity index (χ3n) is 3.71. The molecule has 1 aliphatic rings. The zero-order valence-electron chi connectivity index (χ0n) is 11.6. The third-order valence-corrected chi connectivity index (χ3v) is 4.93. The molecular formula is C16H19NOS. The number of ether oxygens (including phenoxy) is 1. The van der Waals surface area contributed by atoms with E-state index in [-0.39, 0.29) is 6.04 Å². The summed E-state index contributed by atoms with van der Waals surface area (Å²) < 4.78 is 5.50. The molecule has 0 spiro atoms. The van der Waals surface area contributed by atoms with Crippen LogP contribution in [0.25, 0.3) is 0 Å². The fourth-order valence-corrected chi connectivity index (χ4v) is 3.94. The zero-order chi connectivity index (χ0) is 13.4. The van der Waals surface area contributed by atoms with Gasteiger partial charge in [-0.15, -0.1) is 11.3 Å². The fourth-order valence-electron chi connectivity index (χ4n) is 2.77. The van der Waals surface area contributed by atoms with Gasteiger partial charge in [-0.25, -0.2) is 0 Å².